The van der Waals surface area contributed by atoms with Gasteiger partial charge < -0.3 is 14.5 Å². The van der Waals surface area contributed by atoms with Gasteiger partial charge in [0.25, 0.3) is 0 Å². The first-order chi connectivity index (χ1) is 13.7. The van der Waals surface area contributed by atoms with Crippen LogP contribution in [0.15, 0.2) is 29.2 Å². The van der Waals surface area contributed by atoms with Gasteiger partial charge in [-0.2, -0.15) is 4.31 Å². The summed E-state index contributed by atoms with van der Waals surface area (Å²) in [6.07, 6.45) is 0.238. The molecule has 2 amide bonds. The molecule has 2 saturated heterocycles. The number of benzene rings is 1. The van der Waals surface area contributed by atoms with Crippen LogP contribution >= 0.6 is 0 Å². The van der Waals surface area contributed by atoms with Gasteiger partial charge in [0.1, 0.15) is 5.75 Å². The van der Waals surface area contributed by atoms with Crippen molar-refractivity contribution in [3.63, 3.8) is 0 Å². The molecule has 2 aliphatic rings. The van der Waals surface area contributed by atoms with Gasteiger partial charge in [-0.05, 0) is 45.0 Å². The van der Waals surface area contributed by atoms with Crippen LogP contribution in [0.2, 0.25) is 0 Å². The number of rotatable bonds is 6. The summed E-state index contributed by atoms with van der Waals surface area (Å²) < 4.78 is 32.5. The van der Waals surface area contributed by atoms with Crippen molar-refractivity contribution in [3.05, 3.63) is 24.3 Å². The molecule has 160 valence electrons. The third-order valence-electron chi connectivity index (χ3n) is 5.45. The van der Waals surface area contributed by atoms with Gasteiger partial charge in [-0.3, -0.25) is 9.59 Å². The Bertz CT molecular complexity index is 845. The predicted octanol–water partition coefficient (Wildman–Crippen LogP) is 1.18. The van der Waals surface area contributed by atoms with Gasteiger partial charge in [-0.1, -0.05) is 0 Å². The lowest BCUT2D eigenvalue weighted by atomic mass is 10.1. The van der Waals surface area contributed by atoms with E-state index in [9.17, 15) is 18.0 Å². The van der Waals surface area contributed by atoms with Crippen LogP contribution in [-0.4, -0.2) is 79.7 Å². The van der Waals surface area contributed by atoms with Crippen LogP contribution in [0.3, 0.4) is 0 Å². The topological polar surface area (TPSA) is 87.2 Å². The lowest BCUT2D eigenvalue weighted by Crippen LogP contribution is -2.52. The molecule has 0 saturated carbocycles. The maximum atomic E-state index is 12.9. The van der Waals surface area contributed by atoms with Crippen LogP contribution in [0.5, 0.6) is 5.75 Å². The average molecular weight is 424 g/mol. The van der Waals surface area contributed by atoms with E-state index in [2.05, 4.69) is 0 Å². The number of likely N-dealkylation sites (tertiary alicyclic amines) is 1. The van der Waals surface area contributed by atoms with Crippen LogP contribution in [0, 0.1) is 5.92 Å². The highest BCUT2D eigenvalue weighted by molar-refractivity contribution is 7.89. The summed E-state index contributed by atoms with van der Waals surface area (Å²) in [4.78, 5) is 28.5. The molecule has 3 rings (SSSR count). The van der Waals surface area contributed by atoms with Crippen molar-refractivity contribution in [3.8, 4) is 5.75 Å². The first-order valence-electron chi connectivity index (χ1n) is 10.0. The fraction of sp³-hybridized carbons (Fsp3) is 0.600. The number of ether oxygens (including phenoxy) is 1. The van der Waals surface area contributed by atoms with Crippen LogP contribution in [0.1, 0.15) is 27.2 Å². The van der Waals surface area contributed by atoms with E-state index in [1.165, 1.54) is 4.31 Å². The van der Waals surface area contributed by atoms with E-state index in [4.69, 9.17) is 4.74 Å². The largest absolute Gasteiger partial charge is 0.494 e. The summed E-state index contributed by atoms with van der Waals surface area (Å²) in [5.74, 6) is 0.247. The average Bonchev–Trinajstić information content (AvgIpc) is 3.10. The molecule has 0 spiro atoms. The van der Waals surface area contributed by atoms with Gasteiger partial charge in [0, 0.05) is 45.2 Å². The summed E-state index contributed by atoms with van der Waals surface area (Å²) in [7, 11) is -3.61. The number of sulfonamides is 1. The lowest BCUT2D eigenvalue weighted by molar-refractivity contribution is -0.137. The number of hydrogen-bond donors (Lipinski definition) is 0. The zero-order chi connectivity index (χ0) is 21.2. The molecule has 8 nitrogen and oxygen atoms in total. The molecule has 2 heterocycles. The monoisotopic (exact) mass is 423 g/mol. The van der Waals surface area contributed by atoms with Crippen LogP contribution in [-0.2, 0) is 19.6 Å². The third-order valence-corrected chi connectivity index (χ3v) is 7.37. The summed E-state index contributed by atoms with van der Waals surface area (Å²) in [5.41, 5.74) is 0. The predicted molar refractivity (Wildman–Crippen MR) is 108 cm³/mol. The second kappa shape index (κ2) is 8.71. The van der Waals surface area contributed by atoms with Gasteiger partial charge in [0.2, 0.25) is 21.8 Å². The minimum atomic E-state index is -3.61. The second-order valence-corrected chi connectivity index (χ2v) is 9.61. The molecule has 2 aliphatic heterocycles. The van der Waals surface area contributed by atoms with E-state index in [-0.39, 0.29) is 48.2 Å². The van der Waals surface area contributed by atoms with Crippen molar-refractivity contribution in [1.29, 1.82) is 0 Å². The number of carbonyl (C=O) groups excluding carboxylic acids is 2. The van der Waals surface area contributed by atoms with Gasteiger partial charge in [-0.15, -0.1) is 0 Å². The van der Waals surface area contributed by atoms with Gasteiger partial charge in [0.15, 0.2) is 0 Å². The Morgan fingerprint density at radius 1 is 1.14 bits per heavy atom. The Labute approximate surface area is 172 Å². The van der Waals surface area contributed by atoms with Crippen LogP contribution in [0.4, 0.5) is 0 Å². The SMILES string of the molecule is CCOc1ccc(S(=O)(=O)N2CCN(C(=O)C3CC(=O)N(C(C)C)C3)CC2)cc1. The molecule has 1 unspecified atom stereocenters. The van der Waals surface area contributed by atoms with Gasteiger partial charge in [-0.25, -0.2) is 8.42 Å². The Morgan fingerprint density at radius 3 is 2.28 bits per heavy atom. The second-order valence-electron chi connectivity index (χ2n) is 7.67. The molecule has 1 aromatic rings. The van der Waals surface area contributed by atoms with Crippen molar-refractivity contribution in [2.75, 3.05) is 39.3 Å². The molecular formula is C20H29N3O5S. The highest BCUT2D eigenvalue weighted by Crippen LogP contribution is 2.24. The van der Waals surface area contributed by atoms with E-state index >= 15 is 0 Å². The molecule has 29 heavy (non-hydrogen) atoms. The summed E-state index contributed by atoms with van der Waals surface area (Å²) in [6, 6.07) is 6.46. The molecule has 0 bridgehead atoms. The fourth-order valence-electron chi connectivity index (χ4n) is 3.83. The molecule has 9 heteroatoms. The molecule has 2 fully saturated rings. The summed E-state index contributed by atoms with van der Waals surface area (Å²) in [6.45, 7) is 7.87. The molecule has 0 aliphatic carbocycles. The first-order valence-corrected chi connectivity index (χ1v) is 11.5. The smallest absolute Gasteiger partial charge is 0.243 e. The highest BCUT2D eigenvalue weighted by atomic mass is 32.2. The lowest BCUT2D eigenvalue weighted by Gasteiger charge is -2.35. The maximum Gasteiger partial charge on any atom is 0.243 e. The number of nitrogens with zero attached hydrogens (tertiary/aromatic N) is 3. The molecule has 0 radical (unpaired) electrons. The minimum absolute atomic E-state index is 0.00932. The zero-order valence-electron chi connectivity index (χ0n) is 17.2. The molecule has 0 aromatic heterocycles. The molecule has 1 aromatic carbocycles. The minimum Gasteiger partial charge on any atom is -0.494 e. The number of amides is 2. The van der Waals surface area contributed by atoms with Crippen molar-refractivity contribution in [2.45, 2.75) is 38.1 Å². The normalized spacial score (nSPS) is 21.1. The molecule has 1 atom stereocenters. The van der Waals surface area contributed by atoms with Gasteiger partial charge >= 0.3 is 0 Å². The fourth-order valence-corrected chi connectivity index (χ4v) is 5.25. The Hall–Kier alpha value is -2.13. The third kappa shape index (κ3) is 4.56. The summed E-state index contributed by atoms with van der Waals surface area (Å²) >= 11 is 0. The first kappa shape index (κ1) is 21.6. The van der Waals surface area contributed by atoms with E-state index in [0.717, 1.165) is 0 Å². The van der Waals surface area contributed by atoms with Crippen LogP contribution < -0.4 is 4.74 Å². The summed E-state index contributed by atoms with van der Waals surface area (Å²) in [5, 5.41) is 0. The Morgan fingerprint density at radius 2 is 1.76 bits per heavy atom. The maximum absolute atomic E-state index is 12.9. The van der Waals surface area contributed by atoms with E-state index < -0.39 is 10.0 Å². The number of hydrogen-bond acceptors (Lipinski definition) is 5. The van der Waals surface area contributed by atoms with Crippen molar-refractivity contribution >= 4 is 21.8 Å². The van der Waals surface area contributed by atoms with Crippen molar-refractivity contribution in [1.82, 2.24) is 14.1 Å². The van der Waals surface area contributed by atoms with Crippen molar-refractivity contribution in [2.24, 2.45) is 5.92 Å². The van der Waals surface area contributed by atoms with Gasteiger partial charge in [0.05, 0.1) is 17.4 Å². The van der Waals surface area contributed by atoms with Crippen LogP contribution in [0.25, 0.3) is 0 Å². The van der Waals surface area contributed by atoms with E-state index in [0.29, 0.717) is 32.0 Å². The van der Waals surface area contributed by atoms with Crippen molar-refractivity contribution < 1.29 is 22.7 Å². The van der Waals surface area contributed by atoms with E-state index in [1.807, 2.05) is 20.8 Å². The van der Waals surface area contributed by atoms with E-state index in [1.54, 1.807) is 34.1 Å². The quantitative estimate of drug-likeness (QED) is 0.686. The zero-order valence-corrected chi connectivity index (χ0v) is 18.0. The molecular weight excluding hydrogens is 394 g/mol. The Balaban J connectivity index is 1.59. The standard InChI is InChI=1S/C20H29N3O5S/c1-4-28-17-5-7-18(8-6-17)29(26,27)22-11-9-21(10-12-22)20(25)16-13-19(24)23(14-16)15(2)3/h5-8,15-16H,4,9-14H2,1-3H3. The number of carbonyl (C=O) groups is 2. The highest BCUT2D eigenvalue weighted by Gasteiger charge is 2.39. The Kier molecular flexibility index (Phi) is 6.48. The molecule has 0 N–H and O–H groups in total. The number of piperazine rings is 1.